The second-order valence-electron chi connectivity index (χ2n) is 2.85. The molecule has 0 radical (unpaired) electrons. The Labute approximate surface area is 101 Å². The molecule has 82 valence electrons. The Morgan fingerprint density at radius 3 is 2.50 bits per heavy atom. The lowest BCUT2D eigenvalue weighted by Crippen LogP contribution is -2.34. The number of nitriles is 1. The molecule has 0 aliphatic rings. The summed E-state index contributed by atoms with van der Waals surface area (Å²) in [5.74, 6) is -0.909. The number of rotatable bonds is 3. The zero-order valence-corrected chi connectivity index (χ0v) is 9.74. The number of carbonyl (C=O) groups excluding carboxylic acids is 2. The van der Waals surface area contributed by atoms with Gasteiger partial charge in [-0.3, -0.25) is 14.9 Å². The Bertz CT molecular complexity index is 436. The molecule has 1 rings (SSSR count). The van der Waals surface area contributed by atoms with E-state index in [1.54, 1.807) is 24.3 Å². The summed E-state index contributed by atoms with van der Waals surface area (Å²) in [6.45, 7) is -0.220. The number of nitrogens with one attached hydrogen (secondary N) is 2. The van der Waals surface area contributed by atoms with Crippen LogP contribution in [0.4, 0.5) is 0 Å². The van der Waals surface area contributed by atoms with E-state index in [0.717, 1.165) is 4.47 Å². The van der Waals surface area contributed by atoms with Gasteiger partial charge in [0, 0.05) is 10.0 Å². The molecular formula is C10H8BrN3O2. The average molecular weight is 282 g/mol. The number of carbonyl (C=O) groups is 2. The van der Waals surface area contributed by atoms with Crippen LogP contribution in [0.1, 0.15) is 10.4 Å². The fourth-order valence-corrected chi connectivity index (χ4v) is 1.23. The van der Waals surface area contributed by atoms with Crippen LogP contribution < -0.4 is 10.6 Å². The minimum atomic E-state index is -0.548. The van der Waals surface area contributed by atoms with Crippen LogP contribution >= 0.6 is 15.9 Å². The summed E-state index contributed by atoms with van der Waals surface area (Å²) in [6.07, 6.45) is 1.48. The summed E-state index contributed by atoms with van der Waals surface area (Å²) in [6, 6.07) is 6.71. The lowest BCUT2D eigenvalue weighted by Gasteiger charge is -2.03. The predicted molar refractivity (Wildman–Crippen MR) is 60.2 cm³/mol. The molecule has 0 aliphatic carbocycles. The Balaban J connectivity index is 2.50. The molecule has 1 aromatic carbocycles. The third-order valence-electron chi connectivity index (χ3n) is 1.71. The lowest BCUT2D eigenvalue weighted by atomic mass is 10.2. The van der Waals surface area contributed by atoms with Crippen molar-refractivity contribution < 1.29 is 9.59 Å². The first-order chi connectivity index (χ1) is 7.63. The molecule has 0 bridgehead atoms. The van der Waals surface area contributed by atoms with Crippen molar-refractivity contribution in [3.8, 4) is 6.19 Å². The quantitative estimate of drug-likeness (QED) is 0.634. The van der Waals surface area contributed by atoms with Crippen LogP contribution in [-0.4, -0.2) is 18.4 Å². The fourth-order valence-electron chi connectivity index (χ4n) is 0.970. The normalized spacial score (nSPS) is 9.00. The van der Waals surface area contributed by atoms with Gasteiger partial charge in [0.15, 0.2) is 6.19 Å². The molecule has 0 fully saturated rings. The van der Waals surface area contributed by atoms with Crippen LogP contribution in [0.25, 0.3) is 0 Å². The van der Waals surface area contributed by atoms with E-state index in [1.165, 1.54) is 6.19 Å². The number of hydrogen-bond donors (Lipinski definition) is 2. The van der Waals surface area contributed by atoms with Gasteiger partial charge in [-0.05, 0) is 24.3 Å². The summed E-state index contributed by atoms with van der Waals surface area (Å²) in [7, 11) is 0. The third kappa shape index (κ3) is 3.71. The first-order valence-electron chi connectivity index (χ1n) is 4.35. The van der Waals surface area contributed by atoms with E-state index in [2.05, 4.69) is 21.2 Å². The van der Waals surface area contributed by atoms with Crippen molar-refractivity contribution in [1.82, 2.24) is 10.6 Å². The second kappa shape index (κ2) is 5.88. The molecule has 0 unspecified atom stereocenters. The number of benzene rings is 1. The predicted octanol–water partition coefficient (Wildman–Crippen LogP) is 0.776. The molecule has 6 heteroatoms. The molecule has 5 nitrogen and oxygen atoms in total. The topological polar surface area (TPSA) is 82.0 Å². The number of nitrogens with zero attached hydrogens (tertiary/aromatic N) is 1. The van der Waals surface area contributed by atoms with E-state index in [1.807, 2.05) is 5.32 Å². The van der Waals surface area contributed by atoms with Crippen LogP contribution in [0.3, 0.4) is 0 Å². The van der Waals surface area contributed by atoms with Crippen molar-refractivity contribution in [2.24, 2.45) is 0 Å². The first kappa shape index (κ1) is 12.2. The van der Waals surface area contributed by atoms with Crippen molar-refractivity contribution in [2.45, 2.75) is 0 Å². The van der Waals surface area contributed by atoms with Crippen molar-refractivity contribution >= 4 is 27.7 Å². The van der Waals surface area contributed by atoms with Crippen LogP contribution in [0.5, 0.6) is 0 Å². The highest BCUT2D eigenvalue weighted by molar-refractivity contribution is 9.10. The second-order valence-corrected chi connectivity index (χ2v) is 3.77. The van der Waals surface area contributed by atoms with Crippen molar-refractivity contribution in [2.75, 3.05) is 6.54 Å². The molecule has 2 N–H and O–H groups in total. The monoisotopic (exact) mass is 281 g/mol. The van der Waals surface area contributed by atoms with Crippen molar-refractivity contribution in [1.29, 1.82) is 5.26 Å². The maximum Gasteiger partial charge on any atom is 0.252 e. The minimum Gasteiger partial charge on any atom is -0.343 e. The third-order valence-corrected chi connectivity index (χ3v) is 2.24. The van der Waals surface area contributed by atoms with Gasteiger partial charge in [-0.25, -0.2) is 0 Å². The Hall–Kier alpha value is -1.87. The van der Waals surface area contributed by atoms with E-state index in [-0.39, 0.29) is 12.5 Å². The van der Waals surface area contributed by atoms with Gasteiger partial charge in [-0.15, -0.1) is 0 Å². The van der Waals surface area contributed by atoms with Gasteiger partial charge >= 0.3 is 0 Å². The summed E-state index contributed by atoms with van der Waals surface area (Å²) in [5, 5.41) is 12.4. The summed E-state index contributed by atoms with van der Waals surface area (Å²) in [4.78, 5) is 22.4. The summed E-state index contributed by atoms with van der Waals surface area (Å²) >= 11 is 3.25. The number of amides is 2. The Kier molecular flexibility index (Phi) is 4.48. The molecule has 0 heterocycles. The van der Waals surface area contributed by atoms with Gasteiger partial charge in [0.2, 0.25) is 0 Å². The molecular weight excluding hydrogens is 274 g/mol. The minimum absolute atomic E-state index is 0.220. The zero-order chi connectivity index (χ0) is 12.0. The standard InChI is InChI=1S/C10H8BrN3O2/c11-8-3-1-7(2-4-8)10(16)13-5-9(15)14-6-12/h1-4H,5H2,(H,13,16)(H,14,15). The van der Waals surface area contributed by atoms with E-state index in [0.29, 0.717) is 5.56 Å². The number of halogens is 1. The Morgan fingerprint density at radius 1 is 1.31 bits per heavy atom. The SMILES string of the molecule is N#CNC(=O)CNC(=O)c1ccc(Br)cc1. The van der Waals surface area contributed by atoms with Crippen LogP contribution in [0, 0.1) is 11.5 Å². The van der Waals surface area contributed by atoms with E-state index in [9.17, 15) is 9.59 Å². The van der Waals surface area contributed by atoms with Gasteiger partial charge in [0.1, 0.15) is 0 Å². The molecule has 1 aromatic rings. The smallest absolute Gasteiger partial charge is 0.252 e. The van der Waals surface area contributed by atoms with E-state index < -0.39 is 5.91 Å². The van der Waals surface area contributed by atoms with Gasteiger partial charge in [-0.2, -0.15) is 5.26 Å². The molecule has 0 atom stereocenters. The fraction of sp³-hybridized carbons (Fsp3) is 0.100. The van der Waals surface area contributed by atoms with Gasteiger partial charge < -0.3 is 5.32 Å². The lowest BCUT2D eigenvalue weighted by molar-refractivity contribution is -0.119. The van der Waals surface area contributed by atoms with Gasteiger partial charge in [-0.1, -0.05) is 15.9 Å². The Morgan fingerprint density at radius 2 is 1.94 bits per heavy atom. The number of hydrogen-bond acceptors (Lipinski definition) is 3. The molecule has 0 aromatic heterocycles. The molecule has 0 saturated carbocycles. The first-order valence-corrected chi connectivity index (χ1v) is 5.14. The van der Waals surface area contributed by atoms with E-state index >= 15 is 0 Å². The highest BCUT2D eigenvalue weighted by atomic mass is 79.9. The molecule has 0 spiro atoms. The van der Waals surface area contributed by atoms with Gasteiger partial charge in [0.05, 0.1) is 6.54 Å². The van der Waals surface area contributed by atoms with Crippen molar-refractivity contribution in [3.05, 3.63) is 34.3 Å². The van der Waals surface area contributed by atoms with Crippen LogP contribution in [0.15, 0.2) is 28.7 Å². The van der Waals surface area contributed by atoms with Crippen molar-refractivity contribution in [3.63, 3.8) is 0 Å². The maximum atomic E-state index is 11.5. The van der Waals surface area contributed by atoms with Crippen LogP contribution in [0.2, 0.25) is 0 Å². The molecule has 0 aliphatic heterocycles. The van der Waals surface area contributed by atoms with Gasteiger partial charge in [0.25, 0.3) is 11.8 Å². The van der Waals surface area contributed by atoms with Crippen LogP contribution in [-0.2, 0) is 4.79 Å². The largest absolute Gasteiger partial charge is 0.343 e. The maximum absolute atomic E-state index is 11.5. The zero-order valence-electron chi connectivity index (χ0n) is 8.16. The molecule has 16 heavy (non-hydrogen) atoms. The highest BCUT2D eigenvalue weighted by Gasteiger charge is 2.06. The molecule has 0 saturated heterocycles. The summed E-state index contributed by atoms with van der Waals surface area (Å²) in [5.41, 5.74) is 0.452. The highest BCUT2D eigenvalue weighted by Crippen LogP contribution is 2.10. The molecule has 2 amide bonds. The summed E-state index contributed by atoms with van der Waals surface area (Å²) < 4.78 is 0.867. The van der Waals surface area contributed by atoms with E-state index in [4.69, 9.17) is 5.26 Å². The average Bonchev–Trinajstić information content (AvgIpc) is 2.27.